The Kier molecular flexibility index (Phi) is 15.9. The van der Waals surface area contributed by atoms with E-state index in [9.17, 15) is 0 Å². The number of nitrogens with two attached hydrogens (primary N) is 1. The quantitative estimate of drug-likeness (QED) is 0.402. The molecule has 34 valence electrons. The summed E-state index contributed by atoms with van der Waals surface area (Å²) in [7, 11) is 0. The van der Waals surface area contributed by atoms with Gasteiger partial charge in [-0.2, -0.15) is 12.6 Å². The van der Waals surface area contributed by atoms with Crippen LogP contribution >= 0.6 is 12.6 Å². The molecule has 5 N–H and O–H groups in total. The highest BCUT2D eigenvalue weighted by atomic mass is 32.1. The minimum atomic E-state index is 0. The molecule has 0 saturated carbocycles. The van der Waals surface area contributed by atoms with Gasteiger partial charge in [0, 0.05) is 12.3 Å². The zero-order valence-corrected chi connectivity index (χ0v) is 4.04. The molecule has 0 aliphatic carbocycles. The molecule has 0 spiro atoms. The zero-order valence-electron chi connectivity index (χ0n) is 3.15. The average molecular weight is 94.2 g/mol. The van der Waals surface area contributed by atoms with Crippen molar-refractivity contribution < 1.29 is 0 Å². The lowest BCUT2D eigenvalue weighted by Gasteiger charge is -1.69. The van der Waals surface area contributed by atoms with Crippen molar-refractivity contribution in [2.24, 2.45) is 5.73 Å². The lowest BCUT2D eigenvalue weighted by molar-refractivity contribution is 1.16. The molecule has 0 amide bonds. The van der Waals surface area contributed by atoms with E-state index in [0.29, 0.717) is 6.54 Å². The fraction of sp³-hybridized carbons (Fsp3) is 1.00. The lowest BCUT2D eigenvalue weighted by Crippen LogP contribution is -1.97. The summed E-state index contributed by atoms with van der Waals surface area (Å²) in [6.45, 7) is 0.684. The molecule has 0 unspecified atom stereocenters. The average Bonchev–Trinajstić information content (AvgIpc) is 1.37. The fourth-order valence-electron chi connectivity index (χ4n) is 0. The molecular weight excluding hydrogens is 84.1 g/mol. The topological polar surface area (TPSA) is 61.0 Å². The third-order valence-corrected chi connectivity index (χ3v) is 0.387. The van der Waals surface area contributed by atoms with Gasteiger partial charge in [0.05, 0.1) is 0 Å². The highest BCUT2D eigenvalue weighted by Gasteiger charge is 1.56. The Morgan fingerprint density at radius 3 is 1.80 bits per heavy atom. The summed E-state index contributed by atoms with van der Waals surface area (Å²) in [5, 5.41) is 0. The van der Waals surface area contributed by atoms with Gasteiger partial charge in [-0.15, -0.1) is 0 Å². The second-order valence-electron chi connectivity index (χ2n) is 0.512. The first-order chi connectivity index (χ1) is 1.91. The van der Waals surface area contributed by atoms with Gasteiger partial charge >= 0.3 is 0 Å². The van der Waals surface area contributed by atoms with E-state index in [4.69, 9.17) is 5.73 Å². The van der Waals surface area contributed by atoms with Crippen molar-refractivity contribution >= 4 is 12.6 Å². The third-order valence-electron chi connectivity index (χ3n) is 0.129. The Morgan fingerprint density at radius 1 is 1.60 bits per heavy atom. The van der Waals surface area contributed by atoms with Crippen molar-refractivity contribution in [2.75, 3.05) is 12.3 Å². The van der Waals surface area contributed by atoms with Crippen molar-refractivity contribution in [1.29, 1.82) is 0 Å². The third kappa shape index (κ3) is 13.6. The van der Waals surface area contributed by atoms with Gasteiger partial charge in [0.2, 0.25) is 0 Å². The highest BCUT2D eigenvalue weighted by Crippen LogP contribution is 1.58. The first-order valence-corrected chi connectivity index (χ1v) is 1.86. The van der Waals surface area contributed by atoms with Crippen molar-refractivity contribution in [3.05, 3.63) is 0 Å². The maximum absolute atomic E-state index is 4.95. The van der Waals surface area contributed by atoms with Crippen LogP contribution in [0.15, 0.2) is 0 Å². The van der Waals surface area contributed by atoms with Crippen LogP contribution in [-0.2, 0) is 0 Å². The summed E-state index contributed by atoms with van der Waals surface area (Å²) in [4.78, 5) is 0. The van der Waals surface area contributed by atoms with Crippen LogP contribution in [0.25, 0.3) is 0 Å². The van der Waals surface area contributed by atoms with Crippen LogP contribution in [0.2, 0.25) is 0 Å². The maximum Gasteiger partial charge on any atom is 0.00255 e. The van der Waals surface area contributed by atoms with Crippen LogP contribution < -0.4 is 11.9 Å². The summed E-state index contributed by atoms with van der Waals surface area (Å²) >= 11 is 3.80. The second-order valence-corrected chi connectivity index (χ2v) is 0.959. The zero-order chi connectivity index (χ0) is 3.41. The second kappa shape index (κ2) is 8.86. The molecule has 0 aliphatic rings. The Morgan fingerprint density at radius 2 is 1.80 bits per heavy atom. The standard InChI is InChI=1S/C2H7NS.H3N/c3-1-2-4;/h4H,1-3H2;1H3. The summed E-state index contributed by atoms with van der Waals surface area (Å²) in [6.07, 6.45) is 0. The number of rotatable bonds is 1. The molecule has 0 aromatic rings. The van der Waals surface area contributed by atoms with E-state index in [1.165, 1.54) is 0 Å². The lowest BCUT2D eigenvalue weighted by atomic mass is 10.8. The molecule has 0 atom stereocenters. The SMILES string of the molecule is N.NCCS. The van der Waals surface area contributed by atoms with Crippen LogP contribution in [-0.4, -0.2) is 12.3 Å². The van der Waals surface area contributed by atoms with E-state index in [2.05, 4.69) is 12.6 Å². The predicted octanol–water partition coefficient (Wildman–Crippen LogP) is 0.0369. The van der Waals surface area contributed by atoms with Crippen molar-refractivity contribution in [1.82, 2.24) is 6.15 Å². The molecule has 0 saturated heterocycles. The molecule has 0 aromatic heterocycles. The first-order valence-electron chi connectivity index (χ1n) is 1.22. The first kappa shape index (κ1) is 8.99. The van der Waals surface area contributed by atoms with E-state index in [0.717, 1.165) is 5.75 Å². The van der Waals surface area contributed by atoms with E-state index in [-0.39, 0.29) is 6.15 Å². The summed E-state index contributed by atoms with van der Waals surface area (Å²) in [5.74, 6) is 0.792. The van der Waals surface area contributed by atoms with E-state index < -0.39 is 0 Å². The fourth-order valence-corrected chi connectivity index (χ4v) is 0. The van der Waals surface area contributed by atoms with Crippen molar-refractivity contribution in [2.45, 2.75) is 0 Å². The maximum atomic E-state index is 4.95. The minimum Gasteiger partial charge on any atom is -0.344 e. The molecular formula is C2H10N2S. The summed E-state index contributed by atoms with van der Waals surface area (Å²) < 4.78 is 0. The van der Waals surface area contributed by atoms with E-state index in [1.54, 1.807) is 0 Å². The molecule has 0 heterocycles. The van der Waals surface area contributed by atoms with Crippen LogP contribution in [0.5, 0.6) is 0 Å². The van der Waals surface area contributed by atoms with Gasteiger partial charge in [-0.05, 0) is 0 Å². The van der Waals surface area contributed by atoms with Crippen molar-refractivity contribution in [3.8, 4) is 0 Å². The Bertz CT molecular complexity index is 9.61. The molecule has 0 bridgehead atoms. The Balaban J connectivity index is 0. The highest BCUT2D eigenvalue weighted by molar-refractivity contribution is 7.80. The van der Waals surface area contributed by atoms with Gasteiger partial charge in [0.1, 0.15) is 0 Å². The van der Waals surface area contributed by atoms with Crippen LogP contribution in [0, 0.1) is 0 Å². The van der Waals surface area contributed by atoms with Gasteiger partial charge in [-0.1, -0.05) is 0 Å². The predicted molar refractivity (Wildman–Crippen MR) is 27.9 cm³/mol. The van der Waals surface area contributed by atoms with Gasteiger partial charge in [0.25, 0.3) is 0 Å². The Hall–Kier alpha value is 0.270. The molecule has 0 rings (SSSR count). The largest absolute Gasteiger partial charge is 0.344 e. The van der Waals surface area contributed by atoms with Crippen LogP contribution in [0.1, 0.15) is 0 Å². The van der Waals surface area contributed by atoms with Crippen molar-refractivity contribution in [3.63, 3.8) is 0 Å². The summed E-state index contributed by atoms with van der Waals surface area (Å²) in [6, 6.07) is 0. The molecule has 5 heavy (non-hydrogen) atoms. The van der Waals surface area contributed by atoms with E-state index in [1.807, 2.05) is 0 Å². The molecule has 3 heteroatoms. The van der Waals surface area contributed by atoms with Crippen LogP contribution in [0.4, 0.5) is 0 Å². The van der Waals surface area contributed by atoms with E-state index >= 15 is 0 Å². The number of hydrogen-bond acceptors (Lipinski definition) is 3. The molecule has 0 aliphatic heterocycles. The van der Waals surface area contributed by atoms with Gasteiger partial charge in [0.15, 0.2) is 0 Å². The minimum absolute atomic E-state index is 0. The molecule has 0 fully saturated rings. The number of hydrogen-bond donors (Lipinski definition) is 3. The Labute approximate surface area is 37.7 Å². The monoisotopic (exact) mass is 94.1 g/mol. The van der Waals surface area contributed by atoms with Crippen LogP contribution in [0.3, 0.4) is 0 Å². The van der Waals surface area contributed by atoms with Gasteiger partial charge in [-0.3, -0.25) is 0 Å². The molecule has 0 radical (unpaired) electrons. The van der Waals surface area contributed by atoms with Gasteiger partial charge in [-0.25, -0.2) is 0 Å². The normalized spacial score (nSPS) is 6.00. The number of thiol groups is 1. The smallest absolute Gasteiger partial charge is 0.00255 e. The van der Waals surface area contributed by atoms with Gasteiger partial charge < -0.3 is 11.9 Å². The molecule has 2 nitrogen and oxygen atoms in total. The summed E-state index contributed by atoms with van der Waals surface area (Å²) in [5.41, 5.74) is 4.95. The molecule has 0 aromatic carbocycles.